The standard InChI is InChI=1S/C22H23FN2O3/c1-27-20-4-2-3-5-21(20)28-14-22(26)25-10-8-15(9-11-25)18-13-24-19-7-6-16(23)12-17(18)19/h2-7,12-13,15,24H,8-11,14H2,1H3. The summed E-state index contributed by atoms with van der Waals surface area (Å²) in [4.78, 5) is 17.6. The van der Waals surface area contributed by atoms with E-state index < -0.39 is 0 Å². The van der Waals surface area contributed by atoms with E-state index in [2.05, 4.69) is 4.98 Å². The third-order valence-corrected chi connectivity index (χ3v) is 5.38. The van der Waals surface area contributed by atoms with Crippen molar-refractivity contribution in [3.8, 4) is 11.5 Å². The summed E-state index contributed by atoms with van der Waals surface area (Å²) in [5.74, 6) is 1.23. The number of rotatable bonds is 5. The maximum atomic E-state index is 13.6. The van der Waals surface area contributed by atoms with Gasteiger partial charge in [-0.2, -0.15) is 0 Å². The molecule has 1 aliphatic rings. The number of hydrogen-bond acceptors (Lipinski definition) is 3. The number of fused-ring (bicyclic) bond motifs is 1. The van der Waals surface area contributed by atoms with Gasteiger partial charge in [0.2, 0.25) is 0 Å². The topological polar surface area (TPSA) is 54.6 Å². The van der Waals surface area contributed by atoms with Crippen LogP contribution in [0.15, 0.2) is 48.7 Å². The van der Waals surface area contributed by atoms with Crippen LogP contribution in [-0.2, 0) is 4.79 Å². The Labute approximate surface area is 163 Å². The van der Waals surface area contributed by atoms with Gasteiger partial charge in [-0.15, -0.1) is 0 Å². The van der Waals surface area contributed by atoms with Crippen molar-refractivity contribution >= 4 is 16.8 Å². The second-order valence-electron chi connectivity index (χ2n) is 7.03. The van der Waals surface area contributed by atoms with Crippen molar-refractivity contribution in [1.82, 2.24) is 9.88 Å². The molecule has 0 saturated carbocycles. The van der Waals surface area contributed by atoms with Gasteiger partial charge >= 0.3 is 0 Å². The fourth-order valence-electron chi connectivity index (χ4n) is 3.86. The monoisotopic (exact) mass is 382 g/mol. The number of aromatic amines is 1. The Bertz CT molecular complexity index is 977. The maximum Gasteiger partial charge on any atom is 0.260 e. The van der Waals surface area contributed by atoms with E-state index in [4.69, 9.17) is 9.47 Å². The lowest BCUT2D eigenvalue weighted by Crippen LogP contribution is -2.40. The summed E-state index contributed by atoms with van der Waals surface area (Å²) in [5.41, 5.74) is 2.08. The smallest absolute Gasteiger partial charge is 0.260 e. The number of carbonyl (C=O) groups is 1. The van der Waals surface area contributed by atoms with E-state index in [0.717, 1.165) is 29.3 Å². The van der Waals surface area contributed by atoms with E-state index in [9.17, 15) is 9.18 Å². The lowest BCUT2D eigenvalue weighted by molar-refractivity contribution is -0.134. The Balaban J connectivity index is 1.35. The first-order valence-corrected chi connectivity index (χ1v) is 9.46. The van der Waals surface area contributed by atoms with Crippen LogP contribution in [0.5, 0.6) is 11.5 Å². The highest BCUT2D eigenvalue weighted by molar-refractivity contribution is 5.84. The van der Waals surface area contributed by atoms with Crippen molar-refractivity contribution < 1.29 is 18.7 Å². The average Bonchev–Trinajstić information content (AvgIpc) is 3.15. The number of H-pyrrole nitrogens is 1. The van der Waals surface area contributed by atoms with Gasteiger partial charge in [0.15, 0.2) is 18.1 Å². The highest BCUT2D eigenvalue weighted by Gasteiger charge is 2.26. The van der Waals surface area contributed by atoms with E-state index in [0.29, 0.717) is 30.5 Å². The van der Waals surface area contributed by atoms with Gasteiger partial charge in [0.1, 0.15) is 5.82 Å². The predicted octanol–water partition coefficient (Wildman–Crippen LogP) is 4.10. The summed E-state index contributed by atoms with van der Waals surface area (Å²) in [6, 6.07) is 12.1. The predicted molar refractivity (Wildman–Crippen MR) is 105 cm³/mol. The van der Waals surface area contributed by atoms with Gasteiger partial charge < -0.3 is 19.4 Å². The lowest BCUT2D eigenvalue weighted by atomic mass is 9.89. The molecule has 3 aromatic rings. The van der Waals surface area contributed by atoms with Crippen molar-refractivity contribution in [2.75, 3.05) is 26.8 Å². The Morgan fingerprint density at radius 3 is 2.68 bits per heavy atom. The largest absolute Gasteiger partial charge is 0.493 e. The zero-order valence-electron chi connectivity index (χ0n) is 15.8. The number of hydrogen-bond donors (Lipinski definition) is 1. The zero-order valence-corrected chi connectivity index (χ0v) is 15.8. The molecule has 1 aromatic heterocycles. The summed E-state index contributed by atoms with van der Waals surface area (Å²) in [6.45, 7) is 1.32. The molecular formula is C22H23FN2O3. The number of nitrogens with zero attached hydrogens (tertiary/aromatic N) is 1. The number of halogens is 1. The normalized spacial score (nSPS) is 15.0. The molecule has 2 aromatic carbocycles. The number of aromatic nitrogens is 1. The molecule has 0 spiro atoms. The maximum absolute atomic E-state index is 13.6. The van der Waals surface area contributed by atoms with E-state index >= 15 is 0 Å². The molecule has 0 unspecified atom stereocenters. The molecule has 28 heavy (non-hydrogen) atoms. The van der Waals surface area contributed by atoms with Gasteiger partial charge in [-0.1, -0.05) is 12.1 Å². The molecule has 0 aliphatic carbocycles. The number of piperidine rings is 1. The van der Waals surface area contributed by atoms with Crippen LogP contribution in [0.1, 0.15) is 24.3 Å². The quantitative estimate of drug-likeness (QED) is 0.723. The number of amides is 1. The lowest BCUT2D eigenvalue weighted by Gasteiger charge is -2.32. The van der Waals surface area contributed by atoms with Crippen molar-refractivity contribution in [3.05, 3.63) is 60.0 Å². The van der Waals surface area contributed by atoms with Crippen LogP contribution in [0, 0.1) is 5.82 Å². The third-order valence-electron chi connectivity index (χ3n) is 5.38. The number of benzene rings is 2. The number of nitrogens with one attached hydrogen (secondary N) is 1. The number of likely N-dealkylation sites (tertiary alicyclic amines) is 1. The third kappa shape index (κ3) is 3.67. The molecular weight excluding hydrogens is 359 g/mol. The van der Waals surface area contributed by atoms with Crippen LogP contribution in [0.2, 0.25) is 0 Å². The molecule has 2 heterocycles. The first-order valence-electron chi connectivity index (χ1n) is 9.46. The van der Waals surface area contributed by atoms with Crippen LogP contribution in [0.25, 0.3) is 10.9 Å². The van der Waals surface area contributed by atoms with Crippen LogP contribution in [0.3, 0.4) is 0 Å². The summed E-state index contributed by atoms with van der Waals surface area (Å²) in [5, 5.41) is 0.935. The van der Waals surface area contributed by atoms with Gasteiger partial charge in [-0.05, 0) is 54.7 Å². The molecule has 1 N–H and O–H groups in total. The molecule has 1 aliphatic heterocycles. The summed E-state index contributed by atoms with van der Waals surface area (Å²) in [7, 11) is 1.57. The highest BCUT2D eigenvalue weighted by Crippen LogP contribution is 2.33. The summed E-state index contributed by atoms with van der Waals surface area (Å²) < 4.78 is 24.5. The first-order chi connectivity index (χ1) is 13.7. The summed E-state index contributed by atoms with van der Waals surface area (Å²) in [6.07, 6.45) is 3.67. The van der Waals surface area contributed by atoms with Crippen molar-refractivity contribution in [3.63, 3.8) is 0 Å². The molecule has 6 heteroatoms. The van der Waals surface area contributed by atoms with Gasteiger partial charge in [0.25, 0.3) is 5.91 Å². The van der Waals surface area contributed by atoms with Crippen molar-refractivity contribution in [2.45, 2.75) is 18.8 Å². The summed E-state index contributed by atoms with van der Waals surface area (Å²) >= 11 is 0. The van der Waals surface area contributed by atoms with Crippen LogP contribution < -0.4 is 9.47 Å². The number of methoxy groups -OCH3 is 1. The van der Waals surface area contributed by atoms with Gasteiger partial charge in [0, 0.05) is 30.2 Å². The molecule has 1 saturated heterocycles. The minimum Gasteiger partial charge on any atom is -0.493 e. The Hall–Kier alpha value is -3.02. The Morgan fingerprint density at radius 1 is 1.18 bits per heavy atom. The molecule has 1 amide bonds. The minimum atomic E-state index is -0.227. The van der Waals surface area contributed by atoms with Crippen molar-refractivity contribution in [1.29, 1.82) is 0 Å². The molecule has 0 atom stereocenters. The average molecular weight is 382 g/mol. The van der Waals surface area contributed by atoms with Gasteiger partial charge in [0.05, 0.1) is 7.11 Å². The Morgan fingerprint density at radius 2 is 1.93 bits per heavy atom. The fraction of sp³-hybridized carbons (Fsp3) is 0.318. The van der Waals surface area contributed by atoms with E-state index in [1.807, 2.05) is 23.2 Å². The van der Waals surface area contributed by atoms with Gasteiger partial charge in [-0.25, -0.2) is 4.39 Å². The van der Waals surface area contributed by atoms with Gasteiger partial charge in [-0.3, -0.25) is 4.79 Å². The number of para-hydroxylation sites is 2. The molecule has 1 fully saturated rings. The van der Waals surface area contributed by atoms with Crippen LogP contribution in [0.4, 0.5) is 4.39 Å². The highest BCUT2D eigenvalue weighted by atomic mass is 19.1. The second kappa shape index (κ2) is 7.92. The van der Waals surface area contributed by atoms with Crippen LogP contribution in [-0.4, -0.2) is 42.6 Å². The van der Waals surface area contributed by atoms with Crippen LogP contribution >= 0.6 is 0 Å². The molecule has 5 nitrogen and oxygen atoms in total. The first kappa shape index (κ1) is 18.3. The van der Waals surface area contributed by atoms with E-state index in [-0.39, 0.29) is 18.3 Å². The minimum absolute atomic E-state index is 0.0106. The zero-order chi connectivity index (χ0) is 19.5. The second-order valence-corrected chi connectivity index (χ2v) is 7.03. The SMILES string of the molecule is COc1ccccc1OCC(=O)N1CCC(c2c[nH]c3ccc(F)cc23)CC1. The van der Waals surface area contributed by atoms with E-state index in [1.54, 1.807) is 31.4 Å². The van der Waals surface area contributed by atoms with Crippen molar-refractivity contribution in [2.24, 2.45) is 0 Å². The fourth-order valence-corrected chi connectivity index (χ4v) is 3.86. The van der Waals surface area contributed by atoms with E-state index in [1.165, 1.54) is 6.07 Å². The number of carbonyl (C=O) groups excluding carboxylic acids is 1. The molecule has 0 radical (unpaired) electrons. The molecule has 4 rings (SSSR count). The number of ether oxygens (including phenoxy) is 2. The molecule has 0 bridgehead atoms. The Kier molecular flexibility index (Phi) is 5.19. The molecule has 146 valence electrons.